The maximum atomic E-state index is 12.5. The number of nitrogens with zero attached hydrogens (tertiary/aromatic N) is 1. The second-order valence-corrected chi connectivity index (χ2v) is 5.64. The van der Waals surface area contributed by atoms with Gasteiger partial charge >= 0.3 is 0 Å². The summed E-state index contributed by atoms with van der Waals surface area (Å²) in [5.74, 6) is -0.420. The third kappa shape index (κ3) is 2.69. The van der Waals surface area contributed by atoms with E-state index in [1.807, 2.05) is 42.5 Å². The van der Waals surface area contributed by atoms with Crippen molar-refractivity contribution in [2.24, 2.45) is 0 Å². The molecule has 0 bridgehead atoms. The molecule has 0 spiro atoms. The van der Waals surface area contributed by atoms with E-state index in [4.69, 9.17) is 0 Å². The molecule has 2 amide bonds. The second-order valence-electron chi connectivity index (χ2n) is 4.79. The van der Waals surface area contributed by atoms with E-state index in [0.717, 1.165) is 10.2 Å². The zero-order valence-corrected chi connectivity index (χ0v) is 12.7. The number of benzene rings is 2. The lowest BCUT2D eigenvalue weighted by molar-refractivity contribution is -0.121. The smallest absolute Gasteiger partial charge is 0.256 e. The lowest BCUT2D eigenvalue weighted by Crippen LogP contribution is -2.35. The first-order valence-corrected chi connectivity index (χ1v) is 7.39. The fraction of sp³-hybridized carbons (Fsp3) is 0.125. The van der Waals surface area contributed by atoms with Crippen LogP contribution in [-0.2, 0) is 9.59 Å². The third-order valence-corrected chi connectivity index (χ3v) is 4.03. The highest BCUT2D eigenvalue weighted by Gasteiger charge is 2.40. The number of para-hydroxylation sites is 2. The van der Waals surface area contributed by atoms with Crippen LogP contribution in [-0.4, -0.2) is 17.9 Å². The SMILES string of the molecule is O=C1C[C@@H](Nc2ccccc2)C(=O)N1c1ccccc1Br. The second kappa shape index (κ2) is 5.69. The largest absolute Gasteiger partial charge is 0.373 e. The van der Waals surface area contributed by atoms with Gasteiger partial charge in [-0.05, 0) is 40.2 Å². The Morgan fingerprint density at radius 1 is 1.00 bits per heavy atom. The first kappa shape index (κ1) is 13.8. The fourth-order valence-electron chi connectivity index (χ4n) is 2.37. The number of anilines is 2. The van der Waals surface area contributed by atoms with E-state index in [-0.39, 0.29) is 18.2 Å². The summed E-state index contributed by atoms with van der Waals surface area (Å²) in [6.45, 7) is 0. The molecule has 1 atom stereocenters. The van der Waals surface area contributed by atoms with Crippen molar-refractivity contribution in [1.29, 1.82) is 0 Å². The minimum Gasteiger partial charge on any atom is -0.373 e. The van der Waals surface area contributed by atoms with Crippen LogP contribution in [0.5, 0.6) is 0 Å². The van der Waals surface area contributed by atoms with Crippen molar-refractivity contribution in [3.63, 3.8) is 0 Å². The minimum atomic E-state index is -0.521. The molecule has 4 nitrogen and oxygen atoms in total. The summed E-state index contributed by atoms with van der Waals surface area (Å²) < 4.78 is 0.729. The van der Waals surface area contributed by atoms with Crippen LogP contribution in [0, 0.1) is 0 Å². The molecular formula is C16H13BrN2O2. The van der Waals surface area contributed by atoms with Gasteiger partial charge in [-0.2, -0.15) is 0 Å². The first-order chi connectivity index (χ1) is 10.2. The van der Waals surface area contributed by atoms with Gasteiger partial charge in [0.25, 0.3) is 5.91 Å². The van der Waals surface area contributed by atoms with Crippen LogP contribution < -0.4 is 10.2 Å². The summed E-state index contributed by atoms with van der Waals surface area (Å²) in [5, 5.41) is 3.11. The van der Waals surface area contributed by atoms with E-state index in [0.29, 0.717) is 5.69 Å². The predicted molar refractivity (Wildman–Crippen MR) is 85.1 cm³/mol. The molecule has 2 aromatic rings. The lowest BCUT2D eigenvalue weighted by atomic mass is 10.2. The van der Waals surface area contributed by atoms with Crippen molar-refractivity contribution < 1.29 is 9.59 Å². The molecule has 21 heavy (non-hydrogen) atoms. The minimum absolute atomic E-state index is 0.162. The number of amides is 2. The summed E-state index contributed by atoms with van der Waals surface area (Å²) >= 11 is 3.38. The number of carbonyl (C=O) groups excluding carboxylic acids is 2. The van der Waals surface area contributed by atoms with Crippen LogP contribution in [0.15, 0.2) is 59.1 Å². The molecule has 2 aromatic carbocycles. The molecular weight excluding hydrogens is 332 g/mol. The Morgan fingerprint density at radius 2 is 1.67 bits per heavy atom. The lowest BCUT2D eigenvalue weighted by Gasteiger charge is -2.17. The van der Waals surface area contributed by atoms with Gasteiger partial charge in [-0.25, -0.2) is 4.90 Å². The molecule has 1 N–H and O–H groups in total. The van der Waals surface area contributed by atoms with E-state index < -0.39 is 6.04 Å². The Bertz CT molecular complexity index is 688. The highest BCUT2D eigenvalue weighted by Crippen LogP contribution is 2.30. The Morgan fingerprint density at radius 3 is 2.38 bits per heavy atom. The molecule has 1 heterocycles. The van der Waals surface area contributed by atoms with Gasteiger partial charge in [-0.1, -0.05) is 30.3 Å². The molecule has 0 aromatic heterocycles. The topological polar surface area (TPSA) is 49.4 Å². The maximum Gasteiger partial charge on any atom is 0.256 e. The Hall–Kier alpha value is -2.14. The van der Waals surface area contributed by atoms with Crippen molar-refractivity contribution in [2.45, 2.75) is 12.5 Å². The van der Waals surface area contributed by atoms with Crippen molar-refractivity contribution in [2.75, 3.05) is 10.2 Å². The molecule has 0 unspecified atom stereocenters. The van der Waals surface area contributed by atoms with Crippen molar-refractivity contribution in [3.05, 3.63) is 59.1 Å². The molecule has 1 saturated heterocycles. The van der Waals surface area contributed by atoms with Crippen LogP contribution >= 0.6 is 15.9 Å². The zero-order chi connectivity index (χ0) is 14.8. The highest BCUT2D eigenvalue weighted by atomic mass is 79.9. The molecule has 106 valence electrons. The van der Waals surface area contributed by atoms with Crippen LogP contribution in [0.25, 0.3) is 0 Å². The molecule has 0 radical (unpaired) electrons. The molecule has 1 fully saturated rings. The predicted octanol–water partition coefficient (Wildman–Crippen LogP) is 3.19. The van der Waals surface area contributed by atoms with Crippen molar-refractivity contribution in [3.8, 4) is 0 Å². The number of hydrogen-bond acceptors (Lipinski definition) is 3. The van der Waals surface area contributed by atoms with E-state index in [1.165, 1.54) is 4.90 Å². The number of imide groups is 1. The van der Waals surface area contributed by atoms with Gasteiger partial charge in [0.2, 0.25) is 5.91 Å². The van der Waals surface area contributed by atoms with Gasteiger partial charge in [-0.3, -0.25) is 9.59 Å². The normalized spacial score (nSPS) is 18.1. The molecule has 1 aliphatic rings. The molecule has 0 aliphatic carbocycles. The monoisotopic (exact) mass is 344 g/mol. The average Bonchev–Trinajstić information content (AvgIpc) is 2.76. The number of hydrogen-bond donors (Lipinski definition) is 1. The van der Waals surface area contributed by atoms with Crippen molar-refractivity contribution >= 4 is 39.1 Å². The van der Waals surface area contributed by atoms with Crippen LogP contribution in [0.3, 0.4) is 0 Å². The maximum absolute atomic E-state index is 12.5. The fourth-order valence-corrected chi connectivity index (χ4v) is 2.83. The van der Waals surface area contributed by atoms with E-state index in [9.17, 15) is 9.59 Å². The highest BCUT2D eigenvalue weighted by molar-refractivity contribution is 9.10. The van der Waals surface area contributed by atoms with Gasteiger partial charge in [0.1, 0.15) is 6.04 Å². The van der Waals surface area contributed by atoms with Crippen LogP contribution in [0.2, 0.25) is 0 Å². The summed E-state index contributed by atoms with van der Waals surface area (Å²) in [4.78, 5) is 25.9. The Balaban J connectivity index is 1.84. The Labute approximate surface area is 130 Å². The quantitative estimate of drug-likeness (QED) is 0.870. The summed E-state index contributed by atoms with van der Waals surface area (Å²) in [6, 6.07) is 16.1. The summed E-state index contributed by atoms with van der Waals surface area (Å²) in [6.07, 6.45) is 0.162. The van der Waals surface area contributed by atoms with Gasteiger partial charge in [0.05, 0.1) is 12.1 Å². The van der Waals surface area contributed by atoms with Gasteiger partial charge in [-0.15, -0.1) is 0 Å². The van der Waals surface area contributed by atoms with E-state index in [1.54, 1.807) is 12.1 Å². The van der Waals surface area contributed by atoms with Gasteiger partial charge in [0.15, 0.2) is 0 Å². The number of rotatable bonds is 3. The van der Waals surface area contributed by atoms with Gasteiger partial charge in [0, 0.05) is 10.2 Å². The zero-order valence-electron chi connectivity index (χ0n) is 11.1. The molecule has 0 saturated carbocycles. The van der Waals surface area contributed by atoms with Crippen LogP contribution in [0.4, 0.5) is 11.4 Å². The summed E-state index contributed by atoms with van der Waals surface area (Å²) in [5.41, 5.74) is 1.42. The molecule has 5 heteroatoms. The van der Waals surface area contributed by atoms with Gasteiger partial charge < -0.3 is 5.32 Å². The van der Waals surface area contributed by atoms with Crippen molar-refractivity contribution in [1.82, 2.24) is 0 Å². The molecule has 3 rings (SSSR count). The third-order valence-electron chi connectivity index (χ3n) is 3.35. The summed E-state index contributed by atoms with van der Waals surface area (Å²) in [7, 11) is 0. The standard InChI is InChI=1S/C16H13BrN2O2/c17-12-8-4-5-9-14(12)19-15(20)10-13(16(19)21)18-11-6-2-1-3-7-11/h1-9,13,18H,10H2/t13-/m1/s1. The van der Waals surface area contributed by atoms with E-state index in [2.05, 4.69) is 21.2 Å². The first-order valence-electron chi connectivity index (χ1n) is 6.60. The number of carbonyl (C=O) groups is 2. The van der Waals surface area contributed by atoms with E-state index >= 15 is 0 Å². The number of nitrogens with one attached hydrogen (secondary N) is 1. The Kier molecular flexibility index (Phi) is 3.75. The van der Waals surface area contributed by atoms with Crippen LogP contribution in [0.1, 0.15) is 6.42 Å². The average molecular weight is 345 g/mol. The number of halogens is 1. The molecule has 1 aliphatic heterocycles.